The first-order valence-corrected chi connectivity index (χ1v) is 3.99. The van der Waals surface area contributed by atoms with Crippen molar-refractivity contribution in [1.29, 1.82) is 0 Å². The quantitative estimate of drug-likeness (QED) is 0.664. The SMILES string of the molecule is CCOS(=O)(=O)OCC.N. The largest absolute Gasteiger partial charge is 0.399 e. The number of rotatable bonds is 4. The maximum atomic E-state index is 10.4. The average molecular weight is 171 g/mol. The molecule has 0 amide bonds. The lowest BCUT2D eigenvalue weighted by atomic mass is 10.9. The fraction of sp³-hybridized carbons (Fsp3) is 1.00. The van der Waals surface area contributed by atoms with Crippen LogP contribution in [0.1, 0.15) is 13.8 Å². The molecule has 0 unspecified atom stereocenters. The zero-order valence-electron chi connectivity index (χ0n) is 6.16. The van der Waals surface area contributed by atoms with Gasteiger partial charge in [0.25, 0.3) is 0 Å². The van der Waals surface area contributed by atoms with Gasteiger partial charge in [0.2, 0.25) is 0 Å². The van der Waals surface area contributed by atoms with E-state index in [9.17, 15) is 8.42 Å². The first-order chi connectivity index (χ1) is 4.12. The first kappa shape index (κ1) is 12.5. The van der Waals surface area contributed by atoms with E-state index >= 15 is 0 Å². The van der Waals surface area contributed by atoms with Gasteiger partial charge in [-0.25, -0.2) is 8.37 Å². The van der Waals surface area contributed by atoms with E-state index in [2.05, 4.69) is 8.37 Å². The molecule has 0 saturated heterocycles. The molecule has 5 nitrogen and oxygen atoms in total. The summed E-state index contributed by atoms with van der Waals surface area (Å²) >= 11 is 0. The Kier molecular flexibility index (Phi) is 7.00. The van der Waals surface area contributed by atoms with Crippen molar-refractivity contribution >= 4 is 10.4 Å². The third-order valence-electron chi connectivity index (χ3n) is 0.524. The van der Waals surface area contributed by atoms with E-state index in [4.69, 9.17) is 0 Å². The molecule has 0 aromatic carbocycles. The molecule has 0 aliphatic heterocycles. The highest BCUT2D eigenvalue weighted by molar-refractivity contribution is 7.81. The molecular weight excluding hydrogens is 158 g/mol. The standard InChI is InChI=1S/C4H10O4S.H3N/c1-3-7-9(5,6)8-4-2;/h3-4H2,1-2H3;1H3. The molecule has 0 bridgehead atoms. The van der Waals surface area contributed by atoms with Crippen LogP contribution in [0, 0.1) is 0 Å². The van der Waals surface area contributed by atoms with E-state index < -0.39 is 10.4 Å². The van der Waals surface area contributed by atoms with Crippen molar-refractivity contribution < 1.29 is 16.8 Å². The van der Waals surface area contributed by atoms with Crippen LogP contribution in [-0.4, -0.2) is 21.6 Å². The van der Waals surface area contributed by atoms with E-state index in [1.807, 2.05) is 0 Å². The Hall–Kier alpha value is -0.170. The van der Waals surface area contributed by atoms with Gasteiger partial charge in [-0.15, -0.1) is 0 Å². The highest BCUT2D eigenvalue weighted by Crippen LogP contribution is 1.93. The van der Waals surface area contributed by atoms with Gasteiger partial charge in [0.15, 0.2) is 0 Å². The monoisotopic (exact) mass is 171 g/mol. The molecule has 64 valence electrons. The lowest BCUT2D eigenvalue weighted by molar-refractivity contribution is 0.231. The molecule has 10 heavy (non-hydrogen) atoms. The van der Waals surface area contributed by atoms with Crippen molar-refractivity contribution in [3.63, 3.8) is 0 Å². The minimum absolute atomic E-state index is 0. The maximum absolute atomic E-state index is 10.4. The fourth-order valence-electron chi connectivity index (χ4n) is 0.323. The lowest BCUT2D eigenvalue weighted by Gasteiger charge is -1.99. The van der Waals surface area contributed by atoms with Crippen molar-refractivity contribution in [2.24, 2.45) is 0 Å². The molecule has 0 aliphatic carbocycles. The predicted molar refractivity (Wildman–Crippen MR) is 37.2 cm³/mol. The summed E-state index contributed by atoms with van der Waals surface area (Å²) in [5, 5.41) is 0. The second kappa shape index (κ2) is 5.60. The van der Waals surface area contributed by atoms with Crippen molar-refractivity contribution in [2.75, 3.05) is 13.2 Å². The Balaban J connectivity index is 0. The fourth-order valence-corrected chi connectivity index (χ4v) is 0.968. The first-order valence-electron chi connectivity index (χ1n) is 2.66. The Morgan fingerprint density at radius 1 is 1.10 bits per heavy atom. The molecule has 0 fully saturated rings. The molecule has 0 radical (unpaired) electrons. The lowest BCUT2D eigenvalue weighted by Crippen LogP contribution is -2.09. The summed E-state index contributed by atoms with van der Waals surface area (Å²) in [4.78, 5) is 0. The van der Waals surface area contributed by atoms with E-state index in [1.165, 1.54) is 0 Å². The molecule has 0 aromatic heterocycles. The summed E-state index contributed by atoms with van der Waals surface area (Å²) in [6.45, 7) is 3.39. The third-order valence-corrected chi connectivity index (χ3v) is 1.57. The van der Waals surface area contributed by atoms with Gasteiger partial charge < -0.3 is 6.15 Å². The van der Waals surface area contributed by atoms with Crippen LogP contribution in [-0.2, 0) is 18.8 Å². The zero-order chi connectivity index (χ0) is 7.33. The molecule has 0 aliphatic rings. The van der Waals surface area contributed by atoms with Gasteiger partial charge in [-0.2, -0.15) is 8.42 Å². The molecule has 0 spiro atoms. The second-order valence-electron chi connectivity index (χ2n) is 1.22. The number of hydrogen-bond donors (Lipinski definition) is 1. The number of hydrogen-bond acceptors (Lipinski definition) is 5. The van der Waals surface area contributed by atoms with Crippen LogP contribution in [0.15, 0.2) is 0 Å². The normalized spacial score (nSPS) is 10.6. The van der Waals surface area contributed by atoms with Gasteiger partial charge in [-0.1, -0.05) is 0 Å². The summed E-state index contributed by atoms with van der Waals surface area (Å²) in [6, 6.07) is 0. The van der Waals surface area contributed by atoms with E-state index in [-0.39, 0.29) is 19.4 Å². The van der Waals surface area contributed by atoms with E-state index in [1.54, 1.807) is 13.8 Å². The van der Waals surface area contributed by atoms with Crippen LogP contribution in [0.3, 0.4) is 0 Å². The van der Waals surface area contributed by atoms with E-state index in [0.717, 1.165) is 0 Å². The van der Waals surface area contributed by atoms with Crippen LogP contribution in [0.2, 0.25) is 0 Å². The zero-order valence-corrected chi connectivity index (χ0v) is 6.98. The molecule has 0 aromatic rings. The second-order valence-corrected chi connectivity index (χ2v) is 2.51. The topological polar surface area (TPSA) is 87.6 Å². The van der Waals surface area contributed by atoms with Gasteiger partial charge >= 0.3 is 10.4 Å². The Morgan fingerprint density at radius 2 is 1.40 bits per heavy atom. The van der Waals surface area contributed by atoms with Crippen molar-refractivity contribution in [1.82, 2.24) is 6.15 Å². The minimum atomic E-state index is -3.68. The van der Waals surface area contributed by atoms with Gasteiger partial charge in [-0.3, -0.25) is 0 Å². The minimum Gasteiger partial charge on any atom is -0.344 e. The van der Waals surface area contributed by atoms with Gasteiger partial charge in [0.05, 0.1) is 13.2 Å². The van der Waals surface area contributed by atoms with Gasteiger partial charge in [0, 0.05) is 0 Å². The molecule has 0 saturated carbocycles. The van der Waals surface area contributed by atoms with Crippen LogP contribution >= 0.6 is 0 Å². The highest BCUT2D eigenvalue weighted by atomic mass is 32.3. The Labute approximate surface area is 61.2 Å². The average Bonchev–Trinajstić information content (AvgIpc) is 1.64. The van der Waals surface area contributed by atoms with Crippen molar-refractivity contribution in [3.8, 4) is 0 Å². The molecule has 6 heteroatoms. The summed E-state index contributed by atoms with van der Waals surface area (Å²) in [7, 11) is -3.68. The summed E-state index contributed by atoms with van der Waals surface area (Å²) in [6.07, 6.45) is 0. The van der Waals surface area contributed by atoms with E-state index in [0.29, 0.717) is 0 Å². The van der Waals surface area contributed by atoms with Crippen LogP contribution in [0.25, 0.3) is 0 Å². The molecule has 3 N–H and O–H groups in total. The van der Waals surface area contributed by atoms with Gasteiger partial charge in [0.1, 0.15) is 0 Å². The third kappa shape index (κ3) is 5.96. The molecular formula is C4H13NO4S. The smallest absolute Gasteiger partial charge is 0.344 e. The van der Waals surface area contributed by atoms with Crippen molar-refractivity contribution in [3.05, 3.63) is 0 Å². The summed E-state index contributed by atoms with van der Waals surface area (Å²) in [5.41, 5.74) is 0. The molecule has 0 rings (SSSR count). The molecule has 0 heterocycles. The van der Waals surface area contributed by atoms with Gasteiger partial charge in [-0.05, 0) is 13.8 Å². The highest BCUT2D eigenvalue weighted by Gasteiger charge is 2.06. The molecule has 0 atom stereocenters. The summed E-state index contributed by atoms with van der Waals surface area (Å²) < 4.78 is 29.2. The maximum Gasteiger partial charge on any atom is 0.399 e. The van der Waals surface area contributed by atoms with Crippen molar-refractivity contribution in [2.45, 2.75) is 13.8 Å². The predicted octanol–water partition coefficient (Wildman–Crippen LogP) is 0.466. The van der Waals surface area contributed by atoms with Crippen LogP contribution in [0.5, 0.6) is 0 Å². The Morgan fingerprint density at radius 3 is 1.60 bits per heavy atom. The Bertz CT molecular complexity index is 141. The van der Waals surface area contributed by atoms with Crippen LogP contribution in [0.4, 0.5) is 0 Å². The summed E-state index contributed by atoms with van der Waals surface area (Å²) in [5.74, 6) is 0. The van der Waals surface area contributed by atoms with Crippen LogP contribution < -0.4 is 6.15 Å².